The maximum absolute atomic E-state index is 12.5. The van der Waals surface area contributed by atoms with E-state index in [0.29, 0.717) is 11.3 Å². The number of anilines is 1. The van der Waals surface area contributed by atoms with Crippen LogP contribution in [0.15, 0.2) is 18.2 Å². The van der Waals surface area contributed by atoms with Crippen molar-refractivity contribution in [3.63, 3.8) is 0 Å². The Labute approximate surface area is 126 Å². The van der Waals surface area contributed by atoms with Crippen molar-refractivity contribution < 1.29 is 9.59 Å². The highest BCUT2D eigenvalue weighted by atomic mass is 16.2. The number of carbonyl (C=O) groups is 2. The molecule has 0 aliphatic heterocycles. The molecule has 0 aliphatic carbocycles. The van der Waals surface area contributed by atoms with Crippen LogP contribution in [0.1, 0.15) is 43.6 Å². The van der Waals surface area contributed by atoms with Gasteiger partial charge in [0, 0.05) is 23.8 Å². The van der Waals surface area contributed by atoms with Gasteiger partial charge < -0.3 is 16.4 Å². The van der Waals surface area contributed by atoms with Crippen molar-refractivity contribution in [2.45, 2.75) is 40.2 Å². The summed E-state index contributed by atoms with van der Waals surface area (Å²) >= 11 is 0. The van der Waals surface area contributed by atoms with Crippen LogP contribution in [0.25, 0.3) is 0 Å². The lowest BCUT2D eigenvalue weighted by molar-refractivity contribution is -0.126. The Morgan fingerprint density at radius 3 is 2.19 bits per heavy atom. The van der Waals surface area contributed by atoms with Gasteiger partial charge in [-0.2, -0.15) is 0 Å². The molecule has 0 radical (unpaired) electrons. The molecule has 4 N–H and O–H groups in total. The number of nitrogens with two attached hydrogens (primary N) is 1. The Kier molecular flexibility index (Phi) is 4.79. The van der Waals surface area contributed by atoms with E-state index in [1.165, 1.54) is 0 Å². The van der Waals surface area contributed by atoms with Gasteiger partial charge in [0.1, 0.15) is 0 Å². The van der Waals surface area contributed by atoms with E-state index in [1.807, 2.05) is 13.8 Å². The lowest BCUT2D eigenvalue weighted by Gasteiger charge is -2.37. The van der Waals surface area contributed by atoms with Crippen molar-refractivity contribution in [3.05, 3.63) is 29.3 Å². The average Bonchev–Trinajstić information content (AvgIpc) is 2.38. The molecule has 5 nitrogen and oxygen atoms in total. The Hall–Kier alpha value is -1.88. The number of benzene rings is 1. The first-order valence-corrected chi connectivity index (χ1v) is 6.94. The third kappa shape index (κ3) is 3.42. The smallest absolute Gasteiger partial charge is 0.251 e. The summed E-state index contributed by atoms with van der Waals surface area (Å²) in [6, 6.07) is 5.24. The first-order chi connectivity index (χ1) is 9.52. The lowest BCUT2D eigenvalue weighted by atomic mass is 9.74. The molecular formula is C16H25N3O2. The molecule has 0 fully saturated rings. The monoisotopic (exact) mass is 291 g/mol. The van der Waals surface area contributed by atoms with Gasteiger partial charge in [-0.05, 0) is 52.3 Å². The summed E-state index contributed by atoms with van der Waals surface area (Å²) in [6.45, 7) is 9.06. The van der Waals surface area contributed by atoms with Crippen molar-refractivity contribution in [1.82, 2.24) is 5.32 Å². The van der Waals surface area contributed by atoms with Crippen LogP contribution in [0.4, 0.5) is 5.69 Å². The van der Waals surface area contributed by atoms with Crippen molar-refractivity contribution in [2.24, 2.45) is 11.1 Å². The highest BCUT2D eigenvalue weighted by molar-refractivity contribution is 6.00. The molecule has 0 atom stereocenters. The molecule has 21 heavy (non-hydrogen) atoms. The van der Waals surface area contributed by atoms with Crippen LogP contribution in [-0.2, 0) is 4.79 Å². The topological polar surface area (TPSA) is 84.2 Å². The second-order valence-corrected chi connectivity index (χ2v) is 6.36. The number of hydrogen-bond donors (Lipinski definition) is 3. The number of nitrogens with one attached hydrogen (secondary N) is 2. The van der Waals surface area contributed by atoms with Crippen molar-refractivity contribution in [1.29, 1.82) is 0 Å². The summed E-state index contributed by atoms with van der Waals surface area (Å²) in [5.74, 6) is -0.353. The van der Waals surface area contributed by atoms with E-state index >= 15 is 0 Å². The molecule has 0 saturated heterocycles. The SMILES string of the molecule is CNC(=O)c1cccc(NC(=O)C(C)(C)C(C)(C)N)c1C. The summed E-state index contributed by atoms with van der Waals surface area (Å²) in [5.41, 5.74) is 6.57. The molecule has 2 amide bonds. The molecule has 1 rings (SSSR count). The second-order valence-electron chi connectivity index (χ2n) is 6.36. The highest BCUT2D eigenvalue weighted by Gasteiger charge is 2.40. The predicted octanol–water partition coefficient (Wildman–Crippen LogP) is 2.06. The molecule has 0 aromatic heterocycles. The maximum atomic E-state index is 12.5. The fraction of sp³-hybridized carbons (Fsp3) is 0.500. The lowest BCUT2D eigenvalue weighted by Crippen LogP contribution is -2.53. The molecule has 0 saturated carbocycles. The Morgan fingerprint density at radius 2 is 1.71 bits per heavy atom. The molecule has 5 heteroatoms. The normalized spacial score (nSPS) is 12.0. The van der Waals surface area contributed by atoms with Crippen LogP contribution < -0.4 is 16.4 Å². The Bertz CT molecular complexity index is 557. The van der Waals surface area contributed by atoms with Gasteiger partial charge in [0.25, 0.3) is 5.91 Å². The summed E-state index contributed by atoms with van der Waals surface area (Å²) in [7, 11) is 1.58. The van der Waals surface area contributed by atoms with Gasteiger partial charge in [0.05, 0.1) is 5.41 Å². The van der Waals surface area contributed by atoms with Gasteiger partial charge in [-0.3, -0.25) is 9.59 Å². The van der Waals surface area contributed by atoms with Crippen LogP contribution in [0.2, 0.25) is 0 Å². The van der Waals surface area contributed by atoms with E-state index in [-0.39, 0.29) is 11.8 Å². The number of rotatable bonds is 4. The summed E-state index contributed by atoms with van der Waals surface area (Å²) in [4.78, 5) is 24.3. The first kappa shape index (κ1) is 17.2. The van der Waals surface area contributed by atoms with Crippen molar-refractivity contribution >= 4 is 17.5 Å². The zero-order valence-corrected chi connectivity index (χ0v) is 13.6. The van der Waals surface area contributed by atoms with E-state index in [1.54, 1.807) is 46.0 Å². The zero-order valence-electron chi connectivity index (χ0n) is 13.6. The summed E-state index contributed by atoms with van der Waals surface area (Å²) in [6.07, 6.45) is 0. The number of carbonyl (C=O) groups excluding carboxylic acids is 2. The van der Waals surface area contributed by atoms with Crippen LogP contribution >= 0.6 is 0 Å². The van der Waals surface area contributed by atoms with Crippen molar-refractivity contribution in [2.75, 3.05) is 12.4 Å². The highest BCUT2D eigenvalue weighted by Crippen LogP contribution is 2.30. The van der Waals surface area contributed by atoms with E-state index in [2.05, 4.69) is 10.6 Å². The third-order valence-corrected chi connectivity index (χ3v) is 4.23. The third-order valence-electron chi connectivity index (χ3n) is 4.23. The van der Waals surface area contributed by atoms with Crippen LogP contribution in [-0.4, -0.2) is 24.4 Å². The second kappa shape index (κ2) is 5.85. The molecular weight excluding hydrogens is 266 g/mol. The molecule has 1 aromatic carbocycles. The summed E-state index contributed by atoms with van der Waals surface area (Å²) in [5, 5.41) is 5.46. The summed E-state index contributed by atoms with van der Waals surface area (Å²) < 4.78 is 0. The molecule has 0 spiro atoms. The molecule has 0 heterocycles. The van der Waals surface area contributed by atoms with Gasteiger partial charge >= 0.3 is 0 Å². The van der Waals surface area contributed by atoms with Crippen LogP contribution in [0.3, 0.4) is 0 Å². The Balaban J connectivity index is 3.10. The minimum absolute atomic E-state index is 0.174. The van der Waals surface area contributed by atoms with Gasteiger partial charge in [-0.15, -0.1) is 0 Å². The largest absolute Gasteiger partial charge is 0.355 e. The van der Waals surface area contributed by atoms with E-state index in [9.17, 15) is 9.59 Å². The van der Waals surface area contributed by atoms with Gasteiger partial charge in [-0.1, -0.05) is 6.07 Å². The van der Waals surface area contributed by atoms with Crippen LogP contribution in [0.5, 0.6) is 0 Å². The van der Waals surface area contributed by atoms with Crippen molar-refractivity contribution in [3.8, 4) is 0 Å². The van der Waals surface area contributed by atoms with E-state index in [4.69, 9.17) is 5.73 Å². The quantitative estimate of drug-likeness (QED) is 0.794. The molecule has 0 unspecified atom stereocenters. The Morgan fingerprint density at radius 1 is 1.14 bits per heavy atom. The minimum Gasteiger partial charge on any atom is -0.355 e. The number of hydrogen-bond acceptors (Lipinski definition) is 3. The van der Waals surface area contributed by atoms with E-state index in [0.717, 1.165) is 5.56 Å². The fourth-order valence-electron chi connectivity index (χ4n) is 1.72. The van der Waals surface area contributed by atoms with Gasteiger partial charge in [-0.25, -0.2) is 0 Å². The maximum Gasteiger partial charge on any atom is 0.251 e. The fourth-order valence-corrected chi connectivity index (χ4v) is 1.72. The molecule has 1 aromatic rings. The first-order valence-electron chi connectivity index (χ1n) is 6.94. The van der Waals surface area contributed by atoms with Crippen LogP contribution in [0, 0.1) is 12.3 Å². The molecule has 0 bridgehead atoms. The molecule has 0 aliphatic rings. The van der Waals surface area contributed by atoms with Gasteiger partial charge in [0.2, 0.25) is 5.91 Å². The predicted molar refractivity (Wildman–Crippen MR) is 85.2 cm³/mol. The molecule has 116 valence electrons. The van der Waals surface area contributed by atoms with Gasteiger partial charge in [0.15, 0.2) is 0 Å². The zero-order chi connectivity index (χ0) is 16.4. The average molecular weight is 291 g/mol. The number of amides is 2. The standard InChI is InChI=1S/C16H25N3O2/c1-10-11(13(20)18-6)8-7-9-12(10)19-14(21)15(2,3)16(4,5)17/h7-9H,17H2,1-6H3,(H,18,20)(H,19,21). The van der Waals surface area contributed by atoms with E-state index < -0.39 is 11.0 Å². The minimum atomic E-state index is -0.748.